The molecule has 1 heterocycles. The van der Waals surface area contributed by atoms with E-state index in [-0.39, 0.29) is 0 Å². The molecular weight excluding hydrogens is 307 g/mol. The van der Waals surface area contributed by atoms with Gasteiger partial charge in [0.25, 0.3) is 0 Å². The Balaban J connectivity index is 2.18. The van der Waals surface area contributed by atoms with Crippen LogP contribution in [0.1, 0.15) is 10.4 Å². The molecule has 0 spiro atoms. The highest BCUT2D eigenvalue weighted by atomic mass is 127. The summed E-state index contributed by atoms with van der Waals surface area (Å²) in [6.45, 7) is 0. The largest absolute Gasteiger partial charge is 0.375 e. The summed E-state index contributed by atoms with van der Waals surface area (Å²) in [5, 5.41) is 0.644. The summed E-state index contributed by atoms with van der Waals surface area (Å²) in [6, 6.07) is 8.46. The highest BCUT2D eigenvalue weighted by Gasteiger charge is 2.00. The molecule has 0 aliphatic carbocycles. The molecule has 72 valence electrons. The molecule has 0 unspecified atom stereocenters. The van der Waals surface area contributed by atoms with E-state index in [1.54, 1.807) is 11.3 Å². The Morgan fingerprint density at radius 2 is 2.29 bits per heavy atom. The zero-order valence-electron chi connectivity index (χ0n) is 7.40. The Kier molecular flexibility index (Phi) is 3.02. The molecule has 0 fully saturated rings. The molecule has 14 heavy (non-hydrogen) atoms. The van der Waals surface area contributed by atoms with Crippen LogP contribution in [0.5, 0.6) is 0 Å². The van der Waals surface area contributed by atoms with E-state index < -0.39 is 0 Å². The van der Waals surface area contributed by atoms with E-state index in [1.165, 1.54) is 14.0 Å². The number of nitrogens with zero attached hydrogens (tertiary/aromatic N) is 1. The number of nitrogens with two attached hydrogens (primary N) is 1. The highest BCUT2D eigenvalue weighted by molar-refractivity contribution is 14.1. The first kappa shape index (κ1) is 9.92. The lowest BCUT2D eigenvalue weighted by Gasteiger charge is -1.98. The van der Waals surface area contributed by atoms with Gasteiger partial charge in [-0.25, -0.2) is 4.98 Å². The monoisotopic (exact) mass is 316 g/mol. The quantitative estimate of drug-likeness (QED) is 0.865. The van der Waals surface area contributed by atoms with Gasteiger partial charge in [0.05, 0.1) is 0 Å². The molecule has 0 saturated carbocycles. The fourth-order valence-electron chi connectivity index (χ4n) is 1.25. The zero-order chi connectivity index (χ0) is 9.97. The topological polar surface area (TPSA) is 38.9 Å². The van der Waals surface area contributed by atoms with Crippen LogP contribution in [0.4, 0.5) is 5.13 Å². The summed E-state index contributed by atoms with van der Waals surface area (Å²) < 4.78 is 1.26. The second-order valence-corrected chi connectivity index (χ2v) is 5.36. The van der Waals surface area contributed by atoms with Crippen LogP contribution >= 0.6 is 33.9 Å². The van der Waals surface area contributed by atoms with Gasteiger partial charge >= 0.3 is 0 Å². The average Bonchev–Trinajstić information content (AvgIpc) is 2.51. The fraction of sp³-hybridized carbons (Fsp3) is 0.100. The van der Waals surface area contributed by atoms with Gasteiger partial charge in [-0.2, -0.15) is 0 Å². The number of anilines is 1. The average molecular weight is 316 g/mol. The van der Waals surface area contributed by atoms with Gasteiger partial charge in [-0.05, 0) is 40.3 Å². The predicted molar refractivity (Wildman–Crippen MR) is 68.5 cm³/mol. The summed E-state index contributed by atoms with van der Waals surface area (Å²) >= 11 is 3.87. The van der Waals surface area contributed by atoms with Crippen molar-refractivity contribution < 1.29 is 0 Å². The maximum atomic E-state index is 5.57. The van der Waals surface area contributed by atoms with Gasteiger partial charge in [0, 0.05) is 21.1 Å². The molecule has 1 aromatic carbocycles. The van der Waals surface area contributed by atoms with Crippen LogP contribution in [0.2, 0.25) is 0 Å². The number of rotatable bonds is 2. The second-order valence-electron chi connectivity index (χ2n) is 2.97. The summed E-state index contributed by atoms with van der Waals surface area (Å²) in [5.74, 6) is 0. The Morgan fingerprint density at radius 3 is 2.93 bits per heavy atom. The van der Waals surface area contributed by atoms with Crippen molar-refractivity contribution in [3.8, 4) is 0 Å². The van der Waals surface area contributed by atoms with E-state index in [1.807, 2.05) is 6.20 Å². The third-order valence-electron chi connectivity index (χ3n) is 1.84. The predicted octanol–water partition coefficient (Wildman–Crippen LogP) is 2.92. The van der Waals surface area contributed by atoms with Crippen LogP contribution in [-0.4, -0.2) is 4.98 Å². The number of thiazole rings is 1. The summed E-state index contributed by atoms with van der Waals surface area (Å²) in [7, 11) is 0. The van der Waals surface area contributed by atoms with Gasteiger partial charge in [0.1, 0.15) is 0 Å². The first-order chi connectivity index (χ1) is 6.74. The Morgan fingerprint density at radius 1 is 1.43 bits per heavy atom. The van der Waals surface area contributed by atoms with Gasteiger partial charge in [0.15, 0.2) is 5.13 Å². The first-order valence-electron chi connectivity index (χ1n) is 4.18. The molecule has 2 aromatic rings. The number of nitrogen functional groups attached to an aromatic ring is 1. The summed E-state index contributed by atoms with van der Waals surface area (Å²) in [4.78, 5) is 5.24. The van der Waals surface area contributed by atoms with Crippen LogP contribution in [0, 0.1) is 3.57 Å². The lowest BCUT2D eigenvalue weighted by molar-refractivity contribution is 1.21. The molecule has 0 amide bonds. The van der Waals surface area contributed by atoms with E-state index in [0.717, 1.165) is 6.42 Å². The van der Waals surface area contributed by atoms with Crippen LogP contribution in [0.3, 0.4) is 0 Å². The van der Waals surface area contributed by atoms with Gasteiger partial charge in [-0.3, -0.25) is 0 Å². The van der Waals surface area contributed by atoms with Crippen molar-refractivity contribution in [2.75, 3.05) is 5.73 Å². The molecule has 0 atom stereocenters. The van der Waals surface area contributed by atoms with E-state index in [9.17, 15) is 0 Å². The fourth-order valence-corrected chi connectivity index (χ4v) is 2.58. The standard InChI is InChI=1S/C10H9IN2S/c11-8-3-1-2-7(4-8)5-9-6-13-10(12)14-9/h1-4,6H,5H2,(H2,12,13). The number of benzene rings is 1. The lowest BCUT2D eigenvalue weighted by Crippen LogP contribution is -1.84. The number of aromatic nitrogens is 1. The third-order valence-corrected chi connectivity index (χ3v) is 3.34. The van der Waals surface area contributed by atoms with Gasteiger partial charge in [0.2, 0.25) is 0 Å². The van der Waals surface area contributed by atoms with Crippen molar-refractivity contribution in [1.29, 1.82) is 0 Å². The molecule has 2 rings (SSSR count). The molecule has 4 heteroatoms. The second kappa shape index (κ2) is 4.27. The molecule has 0 bridgehead atoms. The van der Waals surface area contributed by atoms with Crippen molar-refractivity contribution in [3.05, 3.63) is 44.5 Å². The van der Waals surface area contributed by atoms with E-state index in [0.29, 0.717) is 5.13 Å². The highest BCUT2D eigenvalue weighted by Crippen LogP contribution is 2.19. The minimum absolute atomic E-state index is 0.644. The van der Waals surface area contributed by atoms with Crippen molar-refractivity contribution in [2.24, 2.45) is 0 Å². The summed E-state index contributed by atoms with van der Waals surface area (Å²) in [5.41, 5.74) is 6.87. The van der Waals surface area contributed by atoms with Crippen molar-refractivity contribution in [3.63, 3.8) is 0 Å². The summed E-state index contributed by atoms with van der Waals surface area (Å²) in [6.07, 6.45) is 2.77. The minimum Gasteiger partial charge on any atom is -0.375 e. The van der Waals surface area contributed by atoms with Crippen molar-refractivity contribution >= 4 is 39.1 Å². The molecule has 0 aliphatic rings. The van der Waals surface area contributed by atoms with Gasteiger partial charge < -0.3 is 5.73 Å². The van der Waals surface area contributed by atoms with E-state index in [2.05, 4.69) is 51.8 Å². The molecule has 2 N–H and O–H groups in total. The molecule has 0 saturated heterocycles. The maximum absolute atomic E-state index is 5.57. The Labute approximate surface area is 100 Å². The van der Waals surface area contributed by atoms with Crippen molar-refractivity contribution in [1.82, 2.24) is 4.98 Å². The first-order valence-corrected chi connectivity index (χ1v) is 6.08. The van der Waals surface area contributed by atoms with Crippen LogP contribution in [-0.2, 0) is 6.42 Å². The van der Waals surface area contributed by atoms with E-state index in [4.69, 9.17) is 5.73 Å². The minimum atomic E-state index is 0.644. The molecule has 0 radical (unpaired) electrons. The lowest BCUT2D eigenvalue weighted by atomic mass is 10.1. The molecule has 0 aliphatic heterocycles. The number of hydrogen-bond acceptors (Lipinski definition) is 3. The van der Waals surface area contributed by atoms with Gasteiger partial charge in [-0.15, -0.1) is 11.3 Å². The molecular formula is C10H9IN2S. The third kappa shape index (κ3) is 2.45. The maximum Gasteiger partial charge on any atom is 0.180 e. The number of halogens is 1. The Hall–Kier alpha value is -0.620. The Bertz CT molecular complexity index is 439. The molecule has 2 nitrogen and oxygen atoms in total. The van der Waals surface area contributed by atoms with Crippen LogP contribution in [0.15, 0.2) is 30.5 Å². The normalized spacial score (nSPS) is 10.4. The van der Waals surface area contributed by atoms with Gasteiger partial charge in [-0.1, -0.05) is 12.1 Å². The number of hydrogen-bond donors (Lipinski definition) is 1. The van der Waals surface area contributed by atoms with Crippen LogP contribution < -0.4 is 5.73 Å². The van der Waals surface area contributed by atoms with Crippen molar-refractivity contribution in [2.45, 2.75) is 6.42 Å². The SMILES string of the molecule is Nc1ncc(Cc2cccc(I)c2)s1. The van der Waals surface area contributed by atoms with E-state index >= 15 is 0 Å². The smallest absolute Gasteiger partial charge is 0.180 e. The van der Waals surface area contributed by atoms with Crippen LogP contribution in [0.25, 0.3) is 0 Å². The zero-order valence-corrected chi connectivity index (χ0v) is 10.4. The molecule has 1 aromatic heterocycles.